The predicted molar refractivity (Wildman–Crippen MR) is 66.8 cm³/mol. The lowest BCUT2D eigenvalue weighted by Gasteiger charge is -2.19. The number of anilines is 1. The lowest BCUT2D eigenvalue weighted by Crippen LogP contribution is -2.18. The maximum atomic E-state index is 8.78. The number of hydrogen-bond acceptors (Lipinski definition) is 2. The number of benzene rings is 1. The van der Waals surface area contributed by atoms with Gasteiger partial charge in [-0.05, 0) is 30.5 Å². The third-order valence-electron chi connectivity index (χ3n) is 3.08. The van der Waals surface area contributed by atoms with Crippen LogP contribution in [0, 0.1) is 17.2 Å². The van der Waals surface area contributed by atoms with Crippen LogP contribution >= 0.6 is 11.6 Å². The van der Waals surface area contributed by atoms with Crippen LogP contribution in [-0.2, 0) is 0 Å². The molecule has 0 aliphatic heterocycles. The van der Waals surface area contributed by atoms with E-state index in [0.717, 1.165) is 18.2 Å². The first-order chi connectivity index (χ1) is 7.70. The Hall–Kier alpha value is -1.20. The van der Waals surface area contributed by atoms with Gasteiger partial charge in [0.25, 0.3) is 0 Å². The molecule has 2 nitrogen and oxygen atoms in total. The molecule has 0 amide bonds. The van der Waals surface area contributed by atoms with Crippen LogP contribution in [0.15, 0.2) is 18.2 Å². The summed E-state index contributed by atoms with van der Waals surface area (Å²) in [5.74, 6) is 0.941. The largest absolute Gasteiger partial charge is 0.375 e. The molecule has 2 rings (SSSR count). The lowest BCUT2D eigenvalue weighted by atomic mass is 10.2. The molecule has 3 heteroatoms. The second kappa shape index (κ2) is 4.76. The minimum atomic E-state index is 0.540. The predicted octanol–water partition coefficient (Wildman–Crippen LogP) is 3.45. The fourth-order valence-electron chi connectivity index (χ4n) is 1.74. The molecule has 0 saturated heterocycles. The molecule has 1 aliphatic rings. The maximum Gasteiger partial charge on any atom is 0.101 e. The fourth-order valence-corrected chi connectivity index (χ4v) is 1.96. The second-order valence-corrected chi connectivity index (χ2v) is 4.84. The van der Waals surface area contributed by atoms with Gasteiger partial charge in [0, 0.05) is 19.3 Å². The highest BCUT2D eigenvalue weighted by Crippen LogP contribution is 2.33. The summed E-state index contributed by atoms with van der Waals surface area (Å²) in [4.78, 5) is 2.20. The van der Waals surface area contributed by atoms with Crippen molar-refractivity contribution in [2.24, 2.45) is 5.92 Å². The molecule has 0 bridgehead atoms. The molecule has 0 N–H and O–H groups in total. The first-order valence-electron chi connectivity index (χ1n) is 5.61. The summed E-state index contributed by atoms with van der Waals surface area (Å²) >= 11 is 6.00. The molecule has 1 aromatic rings. The minimum Gasteiger partial charge on any atom is -0.375 e. The Labute approximate surface area is 101 Å². The number of rotatable bonds is 4. The molecule has 84 valence electrons. The highest BCUT2D eigenvalue weighted by molar-refractivity contribution is 6.32. The molecule has 0 radical (unpaired) electrons. The first-order valence-corrected chi connectivity index (χ1v) is 5.99. The highest BCUT2D eigenvalue weighted by atomic mass is 35.5. The summed E-state index contributed by atoms with van der Waals surface area (Å²) in [5, 5.41) is 9.32. The van der Waals surface area contributed by atoms with Crippen LogP contribution in [0.3, 0.4) is 0 Å². The van der Waals surface area contributed by atoms with E-state index in [2.05, 4.69) is 18.0 Å². The number of hydrogen-bond donors (Lipinski definition) is 0. The van der Waals surface area contributed by atoms with Gasteiger partial charge in [-0.2, -0.15) is 5.26 Å². The van der Waals surface area contributed by atoms with Crippen LogP contribution in [0.4, 0.5) is 5.69 Å². The van der Waals surface area contributed by atoms with E-state index in [9.17, 15) is 0 Å². The SMILES string of the molecule is CN(CCC1CC1)c1ccc(C#N)c(Cl)c1. The van der Waals surface area contributed by atoms with Crippen molar-refractivity contribution in [3.8, 4) is 6.07 Å². The van der Waals surface area contributed by atoms with Gasteiger partial charge in [0.2, 0.25) is 0 Å². The molecule has 0 aromatic heterocycles. The van der Waals surface area contributed by atoms with E-state index < -0.39 is 0 Å². The molecule has 0 unspecified atom stereocenters. The zero-order valence-electron chi connectivity index (χ0n) is 9.41. The molecule has 0 atom stereocenters. The monoisotopic (exact) mass is 234 g/mol. The topological polar surface area (TPSA) is 27.0 Å². The van der Waals surface area contributed by atoms with Crippen molar-refractivity contribution in [1.29, 1.82) is 5.26 Å². The van der Waals surface area contributed by atoms with E-state index in [4.69, 9.17) is 16.9 Å². The minimum absolute atomic E-state index is 0.540. The molecule has 16 heavy (non-hydrogen) atoms. The van der Waals surface area contributed by atoms with Gasteiger partial charge in [-0.3, -0.25) is 0 Å². The highest BCUT2D eigenvalue weighted by Gasteiger charge is 2.21. The Balaban J connectivity index is 2.01. The zero-order chi connectivity index (χ0) is 11.5. The Kier molecular flexibility index (Phi) is 3.36. The van der Waals surface area contributed by atoms with Crippen molar-refractivity contribution in [3.63, 3.8) is 0 Å². The number of nitrogens with zero attached hydrogens (tertiary/aromatic N) is 2. The summed E-state index contributed by atoms with van der Waals surface area (Å²) in [6.45, 7) is 1.06. The quantitative estimate of drug-likeness (QED) is 0.798. The molecule has 1 aromatic carbocycles. The van der Waals surface area contributed by atoms with Gasteiger partial charge >= 0.3 is 0 Å². The zero-order valence-corrected chi connectivity index (χ0v) is 10.2. The van der Waals surface area contributed by atoms with E-state index in [0.29, 0.717) is 10.6 Å². The average Bonchev–Trinajstić information content (AvgIpc) is 3.09. The van der Waals surface area contributed by atoms with E-state index >= 15 is 0 Å². The molecule has 1 saturated carbocycles. The Morgan fingerprint density at radius 1 is 1.50 bits per heavy atom. The van der Waals surface area contributed by atoms with Gasteiger partial charge < -0.3 is 4.90 Å². The van der Waals surface area contributed by atoms with Crippen molar-refractivity contribution in [3.05, 3.63) is 28.8 Å². The van der Waals surface area contributed by atoms with Crippen molar-refractivity contribution >= 4 is 17.3 Å². The Morgan fingerprint density at radius 3 is 2.81 bits per heavy atom. The standard InChI is InChI=1S/C13H15ClN2/c1-16(7-6-10-2-3-10)12-5-4-11(9-15)13(14)8-12/h4-5,8,10H,2-3,6-7H2,1H3. The first kappa shape index (κ1) is 11.3. The summed E-state index contributed by atoms with van der Waals surface area (Å²) in [5.41, 5.74) is 1.63. The second-order valence-electron chi connectivity index (χ2n) is 4.43. The third-order valence-corrected chi connectivity index (χ3v) is 3.40. The molecule has 1 aliphatic carbocycles. The van der Waals surface area contributed by atoms with Gasteiger partial charge in [0.1, 0.15) is 6.07 Å². The van der Waals surface area contributed by atoms with Crippen LogP contribution in [0.2, 0.25) is 5.02 Å². The average molecular weight is 235 g/mol. The Bertz CT molecular complexity index is 418. The van der Waals surface area contributed by atoms with Crippen LogP contribution < -0.4 is 4.90 Å². The van der Waals surface area contributed by atoms with Crippen molar-refractivity contribution in [1.82, 2.24) is 0 Å². The van der Waals surface area contributed by atoms with Gasteiger partial charge in [-0.25, -0.2) is 0 Å². The molecular weight excluding hydrogens is 220 g/mol. The normalized spacial score (nSPS) is 14.6. The summed E-state index contributed by atoms with van der Waals surface area (Å²) in [6.07, 6.45) is 4.04. The van der Waals surface area contributed by atoms with Crippen LogP contribution in [0.25, 0.3) is 0 Å². The third kappa shape index (κ3) is 2.68. The van der Waals surface area contributed by atoms with E-state index in [1.165, 1.54) is 19.3 Å². The van der Waals surface area contributed by atoms with Gasteiger partial charge in [0.05, 0.1) is 10.6 Å². The summed E-state index contributed by atoms with van der Waals surface area (Å²) in [6, 6.07) is 7.68. The molecule has 0 heterocycles. The summed E-state index contributed by atoms with van der Waals surface area (Å²) < 4.78 is 0. The Morgan fingerprint density at radius 2 is 2.25 bits per heavy atom. The van der Waals surface area contributed by atoms with E-state index in [1.807, 2.05) is 12.1 Å². The molecule has 0 spiro atoms. The number of nitriles is 1. The van der Waals surface area contributed by atoms with Crippen molar-refractivity contribution in [2.45, 2.75) is 19.3 Å². The van der Waals surface area contributed by atoms with Crippen molar-refractivity contribution < 1.29 is 0 Å². The van der Waals surface area contributed by atoms with Crippen molar-refractivity contribution in [2.75, 3.05) is 18.5 Å². The fraction of sp³-hybridized carbons (Fsp3) is 0.462. The van der Waals surface area contributed by atoms with Gasteiger partial charge in [-0.15, -0.1) is 0 Å². The van der Waals surface area contributed by atoms with Crippen LogP contribution in [0.1, 0.15) is 24.8 Å². The summed E-state index contributed by atoms with van der Waals surface area (Å²) in [7, 11) is 2.07. The van der Waals surface area contributed by atoms with Crippen LogP contribution in [-0.4, -0.2) is 13.6 Å². The maximum absolute atomic E-state index is 8.78. The lowest BCUT2D eigenvalue weighted by molar-refractivity contribution is 0.711. The van der Waals surface area contributed by atoms with E-state index in [-0.39, 0.29) is 0 Å². The van der Waals surface area contributed by atoms with Gasteiger partial charge in [0.15, 0.2) is 0 Å². The number of halogens is 1. The van der Waals surface area contributed by atoms with Gasteiger partial charge in [-0.1, -0.05) is 24.4 Å². The van der Waals surface area contributed by atoms with Crippen LogP contribution in [0.5, 0.6) is 0 Å². The van der Waals surface area contributed by atoms with E-state index in [1.54, 1.807) is 6.07 Å². The smallest absolute Gasteiger partial charge is 0.101 e. The molecular formula is C13H15ClN2. The molecule has 1 fully saturated rings.